The third-order valence-corrected chi connectivity index (χ3v) is 4.19. The smallest absolute Gasteiger partial charge is 0.320 e. The van der Waals surface area contributed by atoms with Gasteiger partial charge in [0.2, 0.25) is 0 Å². The van der Waals surface area contributed by atoms with E-state index in [1.807, 2.05) is 9.80 Å². The quantitative estimate of drug-likeness (QED) is 0.787. The highest BCUT2D eigenvalue weighted by Crippen LogP contribution is 2.17. The Bertz CT molecular complexity index is 361. The van der Waals surface area contributed by atoms with Gasteiger partial charge in [0.25, 0.3) is 0 Å². The van der Waals surface area contributed by atoms with E-state index in [1.54, 1.807) is 0 Å². The number of piperidine rings is 2. The van der Waals surface area contributed by atoms with Gasteiger partial charge >= 0.3 is 12.0 Å². The Hall–Kier alpha value is -1.34. The fourth-order valence-corrected chi connectivity index (χ4v) is 2.82. The normalized spacial score (nSPS) is 21.6. The molecule has 0 atom stereocenters. The van der Waals surface area contributed by atoms with E-state index in [-0.39, 0.29) is 31.2 Å². The fraction of sp³-hybridized carbons (Fsp3) is 0.857. The van der Waals surface area contributed by atoms with E-state index in [0.29, 0.717) is 13.1 Å². The van der Waals surface area contributed by atoms with Crippen molar-refractivity contribution in [3.8, 4) is 0 Å². The minimum Gasteiger partial charge on any atom is -0.481 e. The third kappa shape index (κ3) is 4.86. The molecule has 0 aromatic rings. The lowest BCUT2D eigenvalue weighted by Gasteiger charge is -2.38. The summed E-state index contributed by atoms with van der Waals surface area (Å²) in [6.45, 7) is 3.10. The van der Waals surface area contributed by atoms with Crippen molar-refractivity contribution < 1.29 is 19.4 Å². The standard InChI is InChI=1S/C14H25N3O4/c15-11-1-6-16(7-2-11)14(20)17-8-3-12(4-9-17)21-10-5-13(18)19/h11-12H,1-10,15H2,(H,18,19). The molecule has 0 aromatic carbocycles. The number of nitrogens with two attached hydrogens (primary N) is 1. The van der Waals surface area contributed by atoms with Crippen LogP contribution in [0.3, 0.4) is 0 Å². The van der Waals surface area contributed by atoms with Gasteiger partial charge in [0.05, 0.1) is 19.1 Å². The first-order valence-corrected chi connectivity index (χ1v) is 7.69. The van der Waals surface area contributed by atoms with Gasteiger partial charge in [0.15, 0.2) is 0 Å². The lowest BCUT2D eigenvalue weighted by Crippen LogP contribution is -2.51. The molecule has 2 heterocycles. The molecular formula is C14H25N3O4. The summed E-state index contributed by atoms with van der Waals surface area (Å²) < 4.78 is 5.53. The van der Waals surface area contributed by atoms with Crippen molar-refractivity contribution >= 4 is 12.0 Å². The molecule has 2 saturated heterocycles. The summed E-state index contributed by atoms with van der Waals surface area (Å²) in [5.41, 5.74) is 5.85. The van der Waals surface area contributed by atoms with Gasteiger partial charge in [-0.3, -0.25) is 4.79 Å². The Balaban J connectivity index is 1.68. The van der Waals surface area contributed by atoms with Crippen molar-refractivity contribution in [2.75, 3.05) is 32.8 Å². The number of amides is 2. The molecular weight excluding hydrogens is 274 g/mol. The number of hydrogen-bond acceptors (Lipinski definition) is 4. The molecule has 7 heteroatoms. The van der Waals surface area contributed by atoms with Crippen LogP contribution in [0.15, 0.2) is 0 Å². The first kappa shape index (κ1) is 16.0. The Morgan fingerprint density at radius 2 is 1.57 bits per heavy atom. The topological polar surface area (TPSA) is 96.1 Å². The number of carbonyl (C=O) groups excluding carboxylic acids is 1. The lowest BCUT2D eigenvalue weighted by molar-refractivity contribution is -0.138. The molecule has 2 fully saturated rings. The molecule has 0 unspecified atom stereocenters. The van der Waals surface area contributed by atoms with Crippen molar-refractivity contribution in [1.29, 1.82) is 0 Å². The highest BCUT2D eigenvalue weighted by molar-refractivity contribution is 5.74. The maximum atomic E-state index is 12.4. The molecule has 0 spiro atoms. The maximum Gasteiger partial charge on any atom is 0.320 e. The molecule has 2 aliphatic heterocycles. The minimum absolute atomic E-state index is 0.0349. The van der Waals surface area contributed by atoms with Crippen molar-refractivity contribution in [3.63, 3.8) is 0 Å². The van der Waals surface area contributed by atoms with Crippen LogP contribution in [0.4, 0.5) is 4.79 Å². The average molecular weight is 299 g/mol. The zero-order valence-corrected chi connectivity index (χ0v) is 12.4. The largest absolute Gasteiger partial charge is 0.481 e. The summed E-state index contributed by atoms with van der Waals surface area (Å²) in [6, 6.07) is 0.327. The molecule has 7 nitrogen and oxygen atoms in total. The molecule has 0 aromatic heterocycles. The molecule has 2 rings (SSSR count). The van der Waals surface area contributed by atoms with Crippen LogP contribution in [0.2, 0.25) is 0 Å². The molecule has 0 bridgehead atoms. The maximum absolute atomic E-state index is 12.4. The number of hydrogen-bond donors (Lipinski definition) is 2. The SMILES string of the molecule is NC1CCN(C(=O)N2CCC(OCCC(=O)O)CC2)CC1. The van der Waals surface area contributed by atoms with E-state index >= 15 is 0 Å². The number of rotatable bonds is 4. The van der Waals surface area contributed by atoms with Gasteiger partial charge in [0.1, 0.15) is 0 Å². The number of carboxylic acids is 1. The van der Waals surface area contributed by atoms with E-state index in [1.165, 1.54) is 0 Å². The van der Waals surface area contributed by atoms with Crippen LogP contribution in [0.25, 0.3) is 0 Å². The minimum atomic E-state index is -0.842. The van der Waals surface area contributed by atoms with E-state index < -0.39 is 5.97 Å². The summed E-state index contributed by atoms with van der Waals surface area (Å²) in [5, 5.41) is 8.57. The Morgan fingerprint density at radius 1 is 1.05 bits per heavy atom. The predicted octanol–water partition coefficient (Wildman–Crippen LogP) is 0.485. The number of aliphatic carboxylic acids is 1. The lowest BCUT2D eigenvalue weighted by atomic mass is 10.1. The van der Waals surface area contributed by atoms with E-state index in [2.05, 4.69) is 0 Å². The van der Waals surface area contributed by atoms with Crippen LogP contribution in [0.5, 0.6) is 0 Å². The van der Waals surface area contributed by atoms with Crippen molar-refractivity contribution in [1.82, 2.24) is 9.80 Å². The van der Waals surface area contributed by atoms with Crippen LogP contribution in [0.1, 0.15) is 32.1 Å². The number of ether oxygens (including phenoxy) is 1. The van der Waals surface area contributed by atoms with Crippen molar-refractivity contribution in [2.45, 2.75) is 44.2 Å². The molecule has 0 saturated carbocycles. The molecule has 2 amide bonds. The number of nitrogens with zero attached hydrogens (tertiary/aromatic N) is 2. The molecule has 3 N–H and O–H groups in total. The highest BCUT2D eigenvalue weighted by Gasteiger charge is 2.28. The van der Waals surface area contributed by atoms with Gasteiger partial charge in [-0.2, -0.15) is 0 Å². The van der Waals surface area contributed by atoms with Crippen LogP contribution < -0.4 is 5.73 Å². The zero-order chi connectivity index (χ0) is 15.2. The molecule has 0 aliphatic carbocycles. The van der Waals surface area contributed by atoms with Crippen LogP contribution in [-0.2, 0) is 9.53 Å². The second-order valence-corrected chi connectivity index (χ2v) is 5.81. The highest BCUT2D eigenvalue weighted by atomic mass is 16.5. The number of urea groups is 1. The zero-order valence-electron chi connectivity index (χ0n) is 12.4. The second-order valence-electron chi connectivity index (χ2n) is 5.81. The van der Waals surface area contributed by atoms with Gasteiger partial charge in [-0.1, -0.05) is 0 Å². The Kier molecular flexibility index (Phi) is 5.81. The molecule has 2 aliphatic rings. The van der Waals surface area contributed by atoms with Gasteiger partial charge in [-0.15, -0.1) is 0 Å². The number of likely N-dealkylation sites (tertiary alicyclic amines) is 2. The summed E-state index contributed by atoms with van der Waals surface area (Å²) in [5.74, 6) is -0.842. The average Bonchev–Trinajstić information content (AvgIpc) is 2.48. The van der Waals surface area contributed by atoms with Crippen LogP contribution in [-0.4, -0.2) is 71.8 Å². The van der Waals surface area contributed by atoms with E-state index in [9.17, 15) is 9.59 Å². The monoisotopic (exact) mass is 299 g/mol. The summed E-state index contributed by atoms with van der Waals surface area (Å²) in [7, 11) is 0. The summed E-state index contributed by atoms with van der Waals surface area (Å²) >= 11 is 0. The van der Waals surface area contributed by atoms with Gasteiger partial charge in [0, 0.05) is 32.2 Å². The molecule has 0 radical (unpaired) electrons. The van der Waals surface area contributed by atoms with Crippen molar-refractivity contribution in [2.24, 2.45) is 5.73 Å². The predicted molar refractivity (Wildman–Crippen MR) is 77.0 cm³/mol. The Morgan fingerprint density at radius 3 is 2.10 bits per heavy atom. The van der Waals surface area contributed by atoms with E-state index in [0.717, 1.165) is 38.8 Å². The van der Waals surface area contributed by atoms with Gasteiger partial charge < -0.3 is 25.4 Å². The first-order chi connectivity index (χ1) is 10.1. The third-order valence-electron chi connectivity index (χ3n) is 4.19. The number of carbonyl (C=O) groups is 2. The van der Waals surface area contributed by atoms with Gasteiger partial charge in [-0.05, 0) is 25.7 Å². The number of carboxylic acid groups (broad SMARTS) is 1. The van der Waals surface area contributed by atoms with Crippen molar-refractivity contribution in [3.05, 3.63) is 0 Å². The first-order valence-electron chi connectivity index (χ1n) is 7.69. The van der Waals surface area contributed by atoms with Crippen LogP contribution >= 0.6 is 0 Å². The summed E-state index contributed by atoms with van der Waals surface area (Å²) in [6.07, 6.45) is 3.41. The molecule has 21 heavy (non-hydrogen) atoms. The van der Waals surface area contributed by atoms with Gasteiger partial charge in [-0.25, -0.2) is 4.79 Å². The summed E-state index contributed by atoms with van der Waals surface area (Å²) in [4.78, 5) is 26.5. The molecule has 120 valence electrons. The Labute approximate surface area is 125 Å². The second kappa shape index (κ2) is 7.61. The van der Waals surface area contributed by atoms with Crippen LogP contribution in [0, 0.1) is 0 Å². The fourth-order valence-electron chi connectivity index (χ4n) is 2.82. The van der Waals surface area contributed by atoms with E-state index in [4.69, 9.17) is 15.6 Å².